The maximum atomic E-state index is 15.1. The number of nitrogens with zero attached hydrogens (tertiary/aromatic N) is 2. The van der Waals surface area contributed by atoms with Crippen molar-refractivity contribution in [1.82, 2.24) is 4.90 Å². The van der Waals surface area contributed by atoms with Crippen molar-refractivity contribution in [3.05, 3.63) is 35.9 Å². The van der Waals surface area contributed by atoms with E-state index in [0.29, 0.717) is 0 Å². The summed E-state index contributed by atoms with van der Waals surface area (Å²) >= 11 is 1.08. The van der Waals surface area contributed by atoms with E-state index < -0.39 is 36.0 Å². The summed E-state index contributed by atoms with van der Waals surface area (Å²) in [7, 11) is 1.35. The number of ether oxygens (including phenoxy) is 2. The molecule has 2 aliphatic heterocycles. The van der Waals surface area contributed by atoms with Crippen molar-refractivity contribution in [2.24, 2.45) is 4.99 Å². The molecule has 0 aromatic heterocycles. The highest BCUT2D eigenvalue weighted by Gasteiger charge is 2.51. The number of carbonyl (C=O) groups is 1. The summed E-state index contributed by atoms with van der Waals surface area (Å²) in [4.78, 5) is 16.2. The largest absolute Gasteiger partial charge is 0.465 e. The van der Waals surface area contributed by atoms with Crippen LogP contribution in [-0.4, -0.2) is 69.9 Å². The molecule has 26 heavy (non-hydrogen) atoms. The Morgan fingerprint density at radius 1 is 1.42 bits per heavy atom. The molecule has 0 unspecified atom stereocenters. The highest BCUT2D eigenvalue weighted by atomic mass is 32.2. The lowest BCUT2D eigenvalue weighted by Crippen LogP contribution is -2.54. The number of hydrogen-bond donors (Lipinski definition) is 2. The number of benzene rings is 1. The van der Waals surface area contributed by atoms with Crippen LogP contribution in [0.5, 0.6) is 0 Å². The van der Waals surface area contributed by atoms with Gasteiger partial charge in [0.2, 0.25) is 0 Å². The molecule has 2 heterocycles. The average molecular weight is 384 g/mol. The number of amidine groups is 1. The van der Waals surface area contributed by atoms with Crippen LogP contribution in [0.4, 0.5) is 9.18 Å². The van der Waals surface area contributed by atoms with Crippen LogP contribution in [0, 0.1) is 0 Å². The number of halogens is 1. The van der Waals surface area contributed by atoms with Crippen molar-refractivity contribution in [3.8, 4) is 0 Å². The van der Waals surface area contributed by atoms with Crippen LogP contribution in [0.3, 0.4) is 0 Å². The second kappa shape index (κ2) is 8.34. The molecule has 3 rings (SSSR count). The van der Waals surface area contributed by atoms with Gasteiger partial charge in [-0.1, -0.05) is 42.1 Å². The molecule has 0 bridgehead atoms. The molecule has 1 saturated heterocycles. The van der Waals surface area contributed by atoms with Gasteiger partial charge in [0.15, 0.2) is 11.3 Å². The summed E-state index contributed by atoms with van der Waals surface area (Å²) in [5, 5.41) is 18.6. The lowest BCUT2D eigenvalue weighted by molar-refractivity contribution is -0.164. The second-order valence-electron chi connectivity index (χ2n) is 6.12. The Kier molecular flexibility index (Phi) is 6.13. The second-order valence-corrected chi connectivity index (χ2v) is 7.19. The molecule has 142 valence electrons. The Morgan fingerprint density at radius 2 is 2.15 bits per heavy atom. The molecule has 1 aromatic rings. The van der Waals surface area contributed by atoms with Crippen LogP contribution in [0.15, 0.2) is 35.3 Å². The first kappa shape index (κ1) is 19.1. The van der Waals surface area contributed by atoms with E-state index in [9.17, 15) is 9.90 Å². The first-order valence-corrected chi connectivity index (χ1v) is 9.16. The highest BCUT2D eigenvalue weighted by Crippen LogP contribution is 2.40. The van der Waals surface area contributed by atoms with Crippen molar-refractivity contribution in [1.29, 1.82) is 0 Å². The first-order chi connectivity index (χ1) is 12.5. The number of aliphatic hydroxyl groups is 1. The quantitative estimate of drug-likeness (QED) is 0.808. The number of fused-ring (bicyclic) bond motifs is 1. The molecule has 9 heteroatoms. The Labute approximate surface area is 154 Å². The Morgan fingerprint density at radius 3 is 2.81 bits per heavy atom. The lowest BCUT2D eigenvalue weighted by atomic mass is 9.97. The van der Waals surface area contributed by atoms with Gasteiger partial charge in [0.1, 0.15) is 17.6 Å². The monoisotopic (exact) mass is 384 g/mol. The summed E-state index contributed by atoms with van der Waals surface area (Å²) in [6.07, 6.45) is -3.91. The van der Waals surface area contributed by atoms with Gasteiger partial charge >= 0.3 is 6.09 Å². The number of amides is 1. The Hall–Kier alpha value is -1.68. The van der Waals surface area contributed by atoms with Gasteiger partial charge < -0.3 is 19.7 Å². The number of rotatable bonds is 5. The Balaban J connectivity index is 1.73. The van der Waals surface area contributed by atoms with E-state index in [1.54, 1.807) is 0 Å². The normalized spacial score (nSPS) is 30.6. The SMILES string of the molecule is CN(C(=O)O)C1=N[C@@H]2[C@@H](F)[C@H](OCc3ccccc3)[C@@H](CCO)O[C@@H]2S1. The zero-order valence-electron chi connectivity index (χ0n) is 14.2. The average Bonchev–Trinajstić information content (AvgIpc) is 3.06. The molecule has 0 radical (unpaired) electrons. The van der Waals surface area contributed by atoms with Crippen molar-refractivity contribution in [2.45, 2.75) is 42.9 Å². The zero-order chi connectivity index (χ0) is 18.7. The third kappa shape index (κ3) is 4.01. The van der Waals surface area contributed by atoms with Crippen LogP contribution < -0.4 is 0 Å². The summed E-state index contributed by atoms with van der Waals surface area (Å²) in [5.74, 6) is 0. The van der Waals surface area contributed by atoms with E-state index in [1.165, 1.54) is 7.05 Å². The highest BCUT2D eigenvalue weighted by molar-refractivity contribution is 8.14. The fourth-order valence-corrected chi connectivity index (χ4v) is 4.12. The summed E-state index contributed by atoms with van der Waals surface area (Å²) in [6, 6.07) is 8.54. The lowest BCUT2D eigenvalue weighted by Gasteiger charge is -2.39. The van der Waals surface area contributed by atoms with Gasteiger partial charge in [0.05, 0.1) is 12.7 Å². The fourth-order valence-electron chi connectivity index (χ4n) is 2.94. The molecule has 2 N–H and O–H groups in total. The number of thioether (sulfide) groups is 1. The molecular weight excluding hydrogens is 363 g/mol. The van der Waals surface area contributed by atoms with E-state index in [-0.39, 0.29) is 24.8 Å². The van der Waals surface area contributed by atoms with Crippen molar-refractivity contribution < 1.29 is 28.9 Å². The van der Waals surface area contributed by atoms with Gasteiger partial charge in [0, 0.05) is 13.7 Å². The molecule has 2 aliphatic rings. The van der Waals surface area contributed by atoms with E-state index in [4.69, 9.17) is 14.6 Å². The van der Waals surface area contributed by atoms with Crippen molar-refractivity contribution in [3.63, 3.8) is 0 Å². The van der Waals surface area contributed by atoms with Gasteiger partial charge in [-0.15, -0.1) is 0 Å². The summed E-state index contributed by atoms with van der Waals surface area (Å²) in [6.45, 7) is 0.0563. The van der Waals surface area contributed by atoms with Gasteiger partial charge in [0.25, 0.3) is 0 Å². The first-order valence-electron chi connectivity index (χ1n) is 8.28. The van der Waals surface area contributed by atoms with Crippen molar-refractivity contribution in [2.75, 3.05) is 13.7 Å². The number of hydrogen-bond acceptors (Lipinski definition) is 6. The van der Waals surface area contributed by atoms with Crippen LogP contribution >= 0.6 is 11.8 Å². The molecule has 1 aromatic carbocycles. The fraction of sp³-hybridized carbons (Fsp3) is 0.529. The van der Waals surface area contributed by atoms with E-state index >= 15 is 4.39 Å². The van der Waals surface area contributed by atoms with Crippen molar-refractivity contribution >= 4 is 23.0 Å². The van der Waals surface area contributed by atoms with Crippen LogP contribution in [0.1, 0.15) is 12.0 Å². The van der Waals surface area contributed by atoms with Gasteiger partial charge in [-0.25, -0.2) is 9.18 Å². The molecule has 0 aliphatic carbocycles. The number of alkyl halides is 1. The zero-order valence-corrected chi connectivity index (χ0v) is 15.0. The predicted molar refractivity (Wildman–Crippen MR) is 94.9 cm³/mol. The van der Waals surface area contributed by atoms with E-state index in [0.717, 1.165) is 22.2 Å². The van der Waals surface area contributed by atoms with Crippen LogP contribution in [0.2, 0.25) is 0 Å². The maximum Gasteiger partial charge on any atom is 0.413 e. The smallest absolute Gasteiger partial charge is 0.413 e. The molecule has 5 atom stereocenters. The standard InChI is InChI=1S/C17H21FN2O5S/c1-20(17(22)23)16-19-13-12(18)14(11(7-8-21)25-15(13)26-16)24-9-10-5-3-2-4-6-10/h2-6,11-15,21H,7-9H2,1H3,(H,22,23)/t11-,12-,13-,14-,15-/m1/s1. The maximum absolute atomic E-state index is 15.1. The molecular formula is C17H21FN2O5S. The number of aliphatic imine (C=N–C) groups is 1. The Bertz CT molecular complexity index is 662. The summed E-state index contributed by atoms with van der Waals surface area (Å²) in [5.41, 5.74) is 0.273. The van der Waals surface area contributed by atoms with Gasteiger partial charge in [-0.2, -0.15) is 0 Å². The molecule has 0 spiro atoms. The van der Waals surface area contributed by atoms with E-state index in [1.807, 2.05) is 30.3 Å². The van der Waals surface area contributed by atoms with Gasteiger partial charge in [-0.3, -0.25) is 9.89 Å². The summed E-state index contributed by atoms with van der Waals surface area (Å²) < 4.78 is 26.8. The minimum atomic E-state index is -1.46. The predicted octanol–water partition coefficient (Wildman–Crippen LogP) is 2.10. The van der Waals surface area contributed by atoms with Crippen LogP contribution in [0.25, 0.3) is 0 Å². The van der Waals surface area contributed by atoms with Crippen LogP contribution in [-0.2, 0) is 16.1 Å². The number of aliphatic hydroxyl groups excluding tert-OH is 1. The number of carboxylic acid groups (broad SMARTS) is 1. The minimum absolute atomic E-state index is 0.159. The molecule has 7 nitrogen and oxygen atoms in total. The third-order valence-corrected chi connectivity index (χ3v) is 5.56. The minimum Gasteiger partial charge on any atom is -0.465 e. The molecule has 1 amide bonds. The molecule has 1 fully saturated rings. The third-order valence-electron chi connectivity index (χ3n) is 4.35. The molecule has 0 saturated carbocycles. The van der Waals surface area contributed by atoms with E-state index in [2.05, 4.69) is 4.99 Å². The topological polar surface area (TPSA) is 91.6 Å². The van der Waals surface area contributed by atoms with Gasteiger partial charge in [-0.05, 0) is 12.0 Å².